The van der Waals surface area contributed by atoms with Crippen LogP contribution in [0, 0.1) is 10.8 Å². The largest absolute Gasteiger partial charge is 0.375 e. The van der Waals surface area contributed by atoms with Crippen LogP contribution < -0.4 is 0 Å². The van der Waals surface area contributed by atoms with Crippen LogP contribution in [0.25, 0.3) is 0 Å². The highest BCUT2D eigenvalue weighted by molar-refractivity contribution is 5.02. The Morgan fingerprint density at radius 1 is 1.00 bits per heavy atom. The van der Waals surface area contributed by atoms with Crippen molar-refractivity contribution >= 4 is 0 Å². The molecule has 3 aliphatic rings. The molecule has 76 valence electrons. The first-order chi connectivity index (χ1) is 5.87. The molecule has 13 heavy (non-hydrogen) atoms. The Balaban J connectivity index is 2.20. The minimum absolute atomic E-state index is 0.229. The maximum atomic E-state index is 5.99. The predicted molar refractivity (Wildman–Crippen MR) is 54.7 cm³/mol. The van der Waals surface area contributed by atoms with Gasteiger partial charge in [-0.2, -0.15) is 0 Å². The zero-order valence-corrected chi connectivity index (χ0v) is 9.44. The molecule has 0 aromatic rings. The van der Waals surface area contributed by atoms with Crippen molar-refractivity contribution in [3.63, 3.8) is 0 Å². The minimum Gasteiger partial charge on any atom is -0.375 e. The highest BCUT2D eigenvalue weighted by atomic mass is 16.5. The zero-order valence-electron chi connectivity index (χ0n) is 9.44. The van der Waals surface area contributed by atoms with E-state index in [1.54, 1.807) is 0 Å². The monoisotopic (exact) mass is 182 g/mol. The van der Waals surface area contributed by atoms with Gasteiger partial charge in [0.2, 0.25) is 0 Å². The van der Waals surface area contributed by atoms with Gasteiger partial charge in [0.05, 0.1) is 12.2 Å². The first kappa shape index (κ1) is 9.51. The second kappa shape index (κ2) is 2.50. The molecule has 1 aliphatic carbocycles. The summed E-state index contributed by atoms with van der Waals surface area (Å²) in [7, 11) is 0. The van der Waals surface area contributed by atoms with E-state index in [-0.39, 0.29) is 5.60 Å². The fourth-order valence-electron chi connectivity index (χ4n) is 2.82. The Morgan fingerprint density at radius 3 is 1.85 bits per heavy atom. The average Bonchev–Trinajstić information content (AvgIpc) is 2.04. The highest BCUT2D eigenvalue weighted by Crippen LogP contribution is 2.56. The molecule has 3 rings (SSSR count). The van der Waals surface area contributed by atoms with Gasteiger partial charge >= 0.3 is 0 Å². The molecule has 0 aromatic heterocycles. The van der Waals surface area contributed by atoms with Crippen molar-refractivity contribution in [1.82, 2.24) is 0 Å². The van der Waals surface area contributed by atoms with Gasteiger partial charge in [0.1, 0.15) is 0 Å². The van der Waals surface area contributed by atoms with Crippen LogP contribution in [0.5, 0.6) is 0 Å². The Kier molecular flexibility index (Phi) is 1.83. The molecule has 1 saturated carbocycles. The Bertz CT molecular complexity index is 187. The third-order valence-electron chi connectivity index (χ3n) is 4.55. The van der Waals surface area contributed by atoms with Crippen molar-refractivity contribution in [3.05, 3.63) is 0 Å². The van der Waals surface area contributed by atoms with Gasteiger partial charge in [0.15, 0.2) is 0 Å². The summed E-state index contributed by atoms with van der Waals surface area (Å²) in [5, 5.41) is 0. The molecule has 0 unspecified atom stereocenters. The molecule has 2 bridgehead atoms. The van der Waals surface area contributed by atoms with Gasteiger partial charge in [0.25, 0.3) is 0 Å². The maximum Gasteiger partial charge on any atom is 0.0655 e. The summed E-state index contributed by atoms with van der Waals surface area (Å²) in [5.41, 5.74) is 1.12. The quantitative estimate of drug-likeness (QED) is 0.558. The van der Waals surface area contributed by atoms with E-state index < -0.39 is 0 Å². The van der Waals surface area contributed by atoms with Gasteiger partial charge in [-0.3, -0.25) is 0 Å². The highest BCUT2D eigenvalue weighted by Gasteiger charge is 2.52. The third-order valence-corrected chi connectivity index (χ3v) is 4.55. The van der Waals surface area contributed by atoms with Crippen LogP contribution in [-0.4, -0.2) is 12.2 Å². The van der Waals surface area contributed by atoms with E-state index in [0.717, 1.165) is 6.61 Å². The molecular weight excluding hydrogens is 160 g/mol. The minimum atomic E-state index is 0.229. The van der Waals surface area contributed by atoms with Crippen LogP contribution in [0.1, 0.15) is 53.4 Å². The molecule has 0 spiro atoms. The Hall–Kier alpha value is -0.0400. The first-order valence-corrected chi connectivity index (χ1v) is 5.51. The van der Waals surface area contributed by atoms with E-state index in [1.807, 2.05) is 0 Å². The van der Waals surface area contributed by atoms with E-state index in [2.05, 4.69) is 27.7 Å². The summed E-state index contributed by atoms with van der Waals surface area (Å²) in [6.07, 6.45) is 5.27. The third kappa shape index (κ3) is 1.32. The van der Waals surface area contributed by atoms with Crippen molar-refractivity contribution in [2.24, 2.45) is 10.8 Å². The van der Waals surface area contributed by atoms with Crippen LogP contribution in [0.4, 0.5) is 0 Å². The van der Waals surface area contributed by atoms with E-state index in [0.29, 0.717) is 10.8 Å². The van der Waals surface area contributed by atoms with Gasteiger partial charge in [-0.05, 0) is 43.4 Å². The summed E-state index contributed by atoms with van der Waals surface area (Å²) >= 11 is 0. The van der Waals surface area contributed by atoms with Gasteiger partial charge < -0.3 is 4.74 Å². The summed E-state index contributed by atoms with van der Waals surface area (Å²) in [6, 6.07) is 0. The normalized spacial score (nSPS) is 45.2. The smallest absolute Gasteiger partial charge is 0.0655 e. The number of ether oxygens (including phenoxy) is 1. The molecule has 0 amide bonds. The fourth-order valence-corrected chi connectivity index (χ4v) is 2.82. The van der Waals surface area contributed by atoms with E-state index in [9.17, 15) is 0 Å². The molecule has 1 nitrogen and oxygen atoms in total. The van der Waals surface area contributed by atoms with Gasteiger partial charge in [-0.25, -0.2) is 0 Å². The lowest BCUT2D eigenvalue weighted by Gasteiger charge is -2.57. The number of rotatable bonds is 0. The van der Waals surface area contributed by atoms with E-state index >= 15 is 0 Å². The molecule has 0 atom stereocenters. The van der Waals surface area contributed by atoms with Crippen molar-refractivity contribution in [2.45, 2.75) is 59.0 Å². The number of fused-ring (bicyclic) bond motifs is 3. The Morgan fingerprint density at radius 2 is 1.54 bits per heavy atom. The summed E-state index contributed by atoms with van der Waals surface area (Å²) in [6.45, 7) is 10.4. The average molecular weight is 182 g/mol. The molecule has 1 heteroatoms. The predicted octanol–water partition coefficient (Wildman–Crippen LogP) is 3.38. The van der Waals surface area contributed by atoms with E-state index in [4.69, 9.17) is 4.74 Å². The van der Waals surface area contributed by atoms with Gasteiger partial charge in [-0.15, -0.1) is 0 Å². The molecule has 2 aliphatic heterocycles. The fraction of sp³-hybridized carbons (Fsp3) is 1.00. The van der Waals surface area contributed by atoms with Gasteiger partial charge in [-0.1, -0.05) is 20.8 Å². The molecule has 0 radical (unpaired) electrons. The van der Waals surface area contributed by atoms with Crippen molar-refractivity contribution < 1.29 is 4.74 Å². The lowest BCUT2D eigenvalue weighted by Crippen LogP contribution is -2.54. The molecule has 3 fully saturated rings. The second-order valence-corrected chi connectivity index (χ2v) is 6.27. The number of hydrogen-bond donors (Lipinski definition) is 0. The van der Waals surface area contributed by atoms with Crippen LogP contribution in [0.15, 0.2) is 0 Å². The molecule has 2 saturated heterocycles. The summed E-state index contributed by atoms with van der Waals surface area (Å²) in [4.78, 5) is 0. The molecular formula is C12H22O. The zero-order chi connectivity index (χ0) is 9.74. The lowest BCUT2D eigenvalue weighted by molar-refractivity contribution is -0.205. The van der Waals surface area contributed by atoms with Crippen LogP contribution in [-0.2, 0) is 4.74 Å². The van der Waals surface area contributed by atoms with Crippen molar-refractivity contribution in [1.29, 1.82) is 0 Å². The molecule has 2 heterocycles. The van der Waals surface area contributed by atoms with Crippen molar-refractivity contribution in [3.8, 4) is 0 Å². The van der Waals surface area contributed by atoms with Crippen LogP contribution in [0.2, 0.25) is 0 Å². The first-order valence-electron chi connectivity index (χ1n) is 5.51. The summed E-state index contributed by atoms with van der Waals surface area (Å²) in [5.74, 6) is 0. The maximum absolute atomic E-state index is 5.99. The van der Waals surface area contributed by atoms with Crippen LogP contribution in [0.3, 0.4) is 0 Å². The number of hydrogen-bond acceptors (Lipinski definition) is 1. The second-order valence-electron chi connectivity index (χ2n) is 6.27. The molecule has 0 aromatic carbocycles. The van der Waals surface area contributed by atoms with Gasteiger partial charge in [0, 0.05) is 0 Å². The van der Waals surface area contributed by atoms with E-state index in [1.165, 1.54) is 25.7 Å². The summed E-state index contributed by atoms with van der Waals surface area (Å²) < 4.78 is 5.99. The molecule has 0 N–H and O–H groups in total. The lowest BCUT2D eigenvalue weighted by atomic mass is 9.56. The standard InChI is InChI=1S/C12H22O/c1-10(2,3)12-7-5-11(4,6-8-12)13-9-12/h5-9H2,1-4H3. The SMILES string of the molecule is CC12CCC(C(C)(C)C)(CC1)CO2. The van der Waals surface area contributed by atoms with Crippen LogP contribution >= 0.6 is 0 Å². The topological polar surface area (TPSA) is 9.23 Å². The van der Waals surface area contributed by atoms with Crippen molar-refractivity contribution in [2.75, 3.05) is 6.61 Å². The Labute approximate surface area is 81.9 Å².